The van der Waals surface area contributed by atoms with Gasteiger partial charge in [-0.05, 0) is 44.4 Å². The lowest BCUT2D eigenvalue weighted by Gasteiger charge is -2.44. The van der Waals surface area contributed by atoms with Crippen molar-refractivity contribution in [2.75, 3.05) is 11.9 Å². The van der Waals surface area contributed by atoms with Crippen molar-refractivity contribution in [1.82, 2.24) is 24.8 Å². The molecule has 2 N–H and O–H groups in total. The molecule has 8 nitrogen and oxygen atoms in total. The highest BCUT2D eigenvalue weighted by Crippen LogP contribution is 2.39. The number of hydrogen-bond donors (Lipinski definition) is 2. The number of carbonyl (C=O) groups excluding carboxylic acids is 1. The molecule has 1 aliphatic heterocycles. The summed E-state index contributed by atoms with van der Waals surface area (Å²) in [6.07, 6.45) is 3.74. The van der Waals surface area contributed by atoms with Crippen molar-refractivity contribution in [3.63, 3.8) is 0 Å². The lowest BCUT2D eigenvalue weighted by Crippen LogP contribution is -2.56. The smallest absolute Gasteiger partial charge is 0.419 e. The fourth-order valence-corrected chi connectivity index (χ4v) is 4.79. The number of alkyl halides is 3. The summed E-state index contributed by atoms with van der Waals surface area (Å²) >= 11 is 0. The van der Waals surface area contributed by atoms with Crippen molar-refractivity contribution in [2.45, 2.75) is 51.1 Å². The van der Waals surface area contributed by atoms with Crippen LogP contribution < -0.4 is 5.32 Å². The number of aromatic amines is 1. The summed E-state index contributed by atoms with van der Waals surface area (Å²) in [7, 11) is 0. The number of likely N-dealkylation sites (tertiary alicyclic amines) is 1. The molecule has 1 aliphatic rings. The van der Waals surface area contributed by atoms with Crippen LogP contribution in [0.25, 0.3) is 22.3 Å². The fourth-order valence-electron chi connectivity index (χ4n) is 4.79. The summed E-state index contributed by atoms with van der Waals surface area (Å²) in [5, 5.41) is 3.58. The van der Waals surface area contributed by atoms with Gasteiger partial charge in [-0.1, -0.05) is 36.3 Å². The van der Waals surface area contributed by atoms with Crippen LogP contribution >= 0.6 is 0 Å². The number of aromatic nitrogens is 4. The van der Waals surface area contributed by atoms with Crippen LogP contribution in [0, 0.1) is 12.3 Å². The van der Waals surface area contributed by atoms with Gasteiger partial charge >= 0.3 is 12.3 Å². The zero-order valence-corrected chi connectivity index (χ0v) is 21.9. The van der Waals surface area contributed by atoms with Gasteiger partial charge in [-0.3, -0.25) is 0 Å². The van der Waals surface area contributed by atoms with Gasteiger partial charge in [-0.2, -0.15) is 13.2 Å². The molecule has 206 valence electrons. The van der Waals surface area contributed by atoms with E-state index in [0.717, 1.165) is 11.8 Å². The van der Waals surface area contributed by atoms with Crippen LogP contribution in [-0.4, -0.2) is 49.1 Å². The van der Waals surface area contributed by atoms with E-state index in [4.69, 9.17) is 11.2 Å². The van der Waals surface area contributed by atoms with Gasteiger partial charge < -0.3 is 19.9 Å². The van der Waals surface area contributed by atoms with E-state index in [0.29, 0.717) is 29.6 Å². The molecular formula is C29H27F3N6O2. The molecular weight excluding hydrogens is 521 g/mol. The van der Waals surface area contributed by atoms with E-state index >= 15 is 0 Å². The van der Waals surface area contributed by atoms with E-state index in [1.165, 1.54) is 6.20 Å². The summed E-state index contributed by atoms with van der Waals surface area (Å²) in [6, 6.07) is 12.2. The number of hydrogen-bond acceptors (Lipinski definition) is 6. The second-order valence-electron chi connectivity index (χ2n) is 10.2. The SMILES string of the molecule is C#Cc1ccc2c(-c3nc(N[C@H]4CCC(C)(C)N(C(=O)OCc5ccccc5)C4)ncc3C(F)(F)F)c[nH]c2n1. The topological polar surface area (TPSA) is 96.0 Å². The Morgan fingerprint density at radius 3 is 2.73 bits per heavy atom. The van der Waals surface area contributed by atoms with Crippen molar-refractivity contribution < 1.29 is 22.7 Å². The highest BCUT2D eigenvalue weighted by molar-refractivity contribution is 5.93. The minimum atomic E-state index is -4.68. The minimum Gasteiger partial charge on any atom is -0.445 e. The molecule has 1 saturated heterocycles. The maximum absolute atomic E-state index is 14.0. The molecule has 1 aromatic carbocycles. The molecule has 4 heterocycles. The van der Waals surface area contributed by atoms with Gasteiger partial charge in [0.05, 0.1) is 5.69 Å². The zero-order valence-electron chi connectivity index (χ0n) is 21.9. The third-order valence-electron chi connectivity index (χ3n) is 7.03. The van der Waals surface area contributed by atoms with E-state index in [-0.39, 0.29) is 36.4 Å². The largest absolute Gasteiger partial charge is 0.445 e. The number of rotatable bonds is 5. The zero-order chi connectivity index (χ0) is 28.5. The Labute approximate surface area is 229 Å². The average Bonchev–Trinajstić information content (AvgIpc) is 3.35. The molecule has 0 saturated carbocycles. The highest BCUT2D eigenvalue weighted by Gasteiger charge is 2.39. The van der Waals surface area contributed by atoms with E-state index in [1.54, 1.807) is 17.0 Å². The predicted molar refractivity (Wildman–Crippen MR) is 144 cm³/mol. The number of anilines is 1. The molecule has 3 aromatic heterocycles. The average molecular weight is 549 g/mol. The summed E-state index contributed by atoms with van der Waals surface area (Å²) < 4.78 is 47.4. The Hall–Kier alpha value is -4.59. The first-order valence-electron chi connectivity index (χ1n) is 12.7. The number of halogens is 3. The standard InChI is InChI=1S/C29H27F3N6O2/c1-4-19-10-11-21-22(14-33-25(21)35-19)24-23(29(30,31)32)15-34-26(37-24)36-20-12-13-28(2,3)38(16-20)27(39)40-17-18-8-6-5-7-9-18/h1,5-11,14-15,20H,12-13,16-17H2,2-3H3,(H,33,35)(H,34,36,37)/t20-/m0/s1. The molecule has 4 aromatic rings. The van der Waals surface area contributed by atoms with Gasteiger partial charge in [0.1, 0.15) is 23.5 Å². The number of terminal acetylenes is 1. The molecule has 0 bridgehead atoms. The van der Waals surface area contributed by atoms with Crippen LogP contribution in [0.1, 0.15) is 43.5 Å². The molecule has 1 fully saturated rings. The molecule has 5 rings (SSSR count). The summed E-state index contributed by atoms with van der Waals surface area (Å²) in [6.45, 7) is 4.32. The van der Waals surface area contributed by atoms with Crippen molar-refractivity contribution in [2.24, 2.45) is 0 Å². The second-order valence-corrected chi connectivity index (χ2v) is 10.2. The van der Waals surface area contributed by atoms with Gasteiger partial charge in [0.25, 0.3) is 0 Å². The number of amides is 1. The molecule has 11 heteroatoms. The van der Waals surface area contributed by atoms with Gasteiger partial charge in [0.15, 0.2) is 0 Å². The van der Waals surface area contributed by atoms with E-state index < -0.39 is 23.4 Å². The van der Waals surface area contributed by atoms with Gasteiger partial charge in [-0.25, -0.2) is 19.7 Å². The molecule has 1 atom stereocenters. The van der Waals surface area contributed by atoms with Gasteiger partial charge in [-0.15, -0.1) is 6.42 Å². The van der Waals surface area contributed by atoms with E-state index in [9.17, 15) is 18.0 Å². The molecule has 40 heavy (non-hydrogen) atoms. The Bertz CT molecular complexity index is 1580. The second kappa shape index (κ2) is 10.5. The van der Waals surface area contributed by atoms with Gasteiger partial charge in [0.2, 0.25) is 5.95 Å². The number of carbonyl (C=O) groups is 1. The van der Waals surface area contributed by atoms with Crippen LogP contribution in [-0.2, 0) is 17.5 Å². The molecule has 1 amide bonds. The quantitative estimate of drug-likeness (QED) is 0.297. The number of nitrogens with one attached hydrogen (secondary N) is 2. The fraction of sp³-hybridized carbons (Fsp3) is 0.310. The summed E-state index contributed by atoms with van der Waals surface area (Å²) in [4.78, 5) is 30.0. The Balaban J connectivity index is 1.39. The predicted octanol–water partition coefficient (Wildman–Crippen LogP) is 6.01. The van der Waals surface area contributed by atoms with Gasteiger partial charge in [0, 0.05) is 41.5 Å². The first-order chi connectivity index (χ1) is 19.0. The third kappa shape index (κ3) is 5.57. The van der Waals surface area contributed by atoms with Crippen LogP contribution in [0.5, 0.6) is 0 Å². The molecule has 0 aliphatic carbocycles. The summed E-state index contributed by atoms with van der Waals surface area (Å²) in [5.74, 6) is 2.43. The molecule has 0 spiro atoms. The molecule has 0 unspecified atom stereocenters. The number of nitrogens with zero attached hydrogens (tertiary/aromatic N) is 4. The van der Waals surface area contributed by atoms with Crippen molar-refractivity contribution in [3.05, 3.63) is 71.7 Å². The summed E-state index contributed by atoms with van der Waals surface area (Å²) in [5.41, 5.74) is 0.0678. The van der Waals surface area contributed by atoms with Crippen molar-refractivity contribution in [1.29, 1.82) is 0 Å². The van der Waals surface area contributed by atoms with E-state index in [1.807, 2.05) is 44.2 Å². The first-order valence-corrected chi connectivity index (χ1v) is 12.7. The Kier molecular flexibility index (Phi) is 7.10. The first kappa shape index (κ1) is 27.0. The van der Waals surface area contributed by atoms with Crippen LogP contribution in [0.4, 0.5) is 23.9 Å². The Morgan fingerprint density at radius 2 is 2.00 bits per heavy atom. The monoisotopic (exact) mass is 548 g/mol. The maximum atomic E-state index is 14.0. The number of pyridine rings is 1. The van der Waals surface area contributed by atoms with Crippen molar-refractivity contribution >= 4 is 23.1 Å². The number of piperidine rings is 1. The number of benzene rings is 1. The third-order valence-corrected chi connectivity index (χ3v) is 7.03. The number of fused-ring (bicyclic) bond motifs is 1. The van der Waals surface area contributed by atoms with Crippen molar-refractivity contribution in [3.8, 4) is 23.6 Å². The van der Waals surface area contributed by atoms with Crippen LogP contribution in [0.15, 0.2) is 54.9 Å². The number of ether oxygens (including phenoxy) is 1. The maximum Gasteiger partial charge on any atom is 0.419 e. The lowest BCUT2D eigenvalue weighted by molar-refractivity contribution is -0.137. The minimum absolute atomic E-state index is 0.0212. The Morgan fingerprint density at radius 1 is 1.23 bits per heavy atom. The number of H-pyrrole nitrogens is 1. The normalized spacial score (nSPS) is 16.9. The van der Waals surface area contributed by atoms with E-state index in [2.05, 4.69) is 31.2 Å². The van der Waals surface area contributed by atoms with Crippen LogP contribution in [0.3, 0.4) is 0 Å². The highest BCUT2D eigenvalue weighted by atomic mass is 19.4. The van der Waals surface area contributed by atoms with Crippen LogP contribution in [0.2, 0.25) is 0 Å². The lowest BCUT2D eigenvalue weighted by atomic mass is 9.88. The molecule has 0 radical (unpaired) electrons.